The van der Waals surface area contributed by atoms with E-state index in [-0.39, 0.29) is 30.5 Å². The number of likely N-dealkylation sites (N-methyl/N-ethyl adjacent to an activating group) is 1. The minimum absolute atomic E-state index is 0.0217. The molecule has 182 valence electrons. The summed E-state index contributed by atoms with van der Waals surface area (Å²) in [6.07, 6.45) is 1.73. The molecule has 0 saturated carbocycles. The van der Waals surface area contributed by atoms with Crippen LogP contribution in [-0.4, -0.2) is 48.1 Å². The third-order valence-corrected chi connectivity index (χ3v) is 7.01. The maximum absolute atomic E-state index is 13.2. The molecule has 0 spiro atoms. The summed E-state index contributed by atoms with van der Waals surface area (Å²) in [6, 6.07) is 16.0. The summed E-state index contributed by atoms with van der Waals surface area (Å²) in [5.41, 5.74) is 4.00. The molecule has 4 aromatic rings. The van der Waals surface area contributed by atoms with Crippen LogP contribution in [0.15, 0.2) is 65.0 Å². The van der Waals surface area contributed by atoms with Crippen molar-refractivity contribution in [3.63, 3.8) is 0 Å². The number of carbonyl (C=O) groups excluding carboxylic acids is 1. The summed E-state index contributed by atoms with van der Waals surface area (Å²) < 4.78 is 6.76. The number of ether oxygens (including phenoxy) is 1. The summed E-state index contributed by atoms with van der Waals surface area (Å²) in [5, 5.41) is 5.59. The van der Waals surface area contributed by atoms with Crippen molar-refractivity contribution in [3.05, 3.63) is 81.7 Å². The average molecular weight is 491 g/mol. The number of aromatic nitrogens is 2. The van der Waals surface area contributed by atoms with Crippen LogP contribution in [0.1, 0.15) is 23.6 Å². The number of hydrogen-bond donors (Lipinski definition) is 1. The van der Waals surface area contributed by atoms with Crippen molar-refractivity contribution in [1.82, 2.24) is 19.8 Å². The number of thiophene rings is 1. The molecule has 1 N–H and O–H groups in total. The van der Waals surface area contributed by atoms with Gasteiger partial charge >= 0.3 is 0 Å². The van der Waals surface area contributed by atoms with Crippen LogP contribution in [0.4, 0.5) is 0 Å². The van der Waals surface area contributed by atoms with E-state index in [4.69, 9.17) is 4.74 Å². The molecule has 0 unspecified atom stereocenters. The standard InChI is InChI=1S/C27H30N4O3S/c1-18-5-7-19(8-6-18)22-16-35-26-25(22)27(33)31(17-29-26)14-13-24(32)28-15-23(30(2)3)20-9-11-21(34-4)12-10-20/h5-12,16-17,23H,13-15H2,1-4H3,(H,28,32)/t23-/m0/s1. The summed E-state index contributed by atoms with van der Waals surface area (Å²) in [6.45, 7) is 2.77. The minimum Gasteiger partial charge on any atom is -0.497 e. The highest BCUT2D eigenvalue weighted by atomic mass is 32.1. The molecule has 2 heterocycles. The number of nitrogens with zero attached hydrogens (tertiary/aromatic N) is 3. The van der Waals surface area contributed by atoms with E-state index in [1.807, 2.05) is 74.9 Å². The van der Waals surface area contributed by atoms with Gasteiger partial charge in [-0.3, -0.25) is 14.2 Å². The van der Waals surface area contributed by atoms with E-state index in [9.17, 15) is 9.59 Å². The monoisotopic (exact) mass is 490 g/mol. The van der Waals surface area contributed by atoms with Crippen LogP contribution >= 0.6 is 11.3 Å². The fourth-order valence-electron chi connectivity index (χ4n) is 4.02. The molecule has 0 saturated heterocycles. The summed E-state index contributed by atoms with van der Waals surface area (Å²) in [5.74, 6) is 0.684. The van der Waals surface area contributed by atoms with Crippen molar-refractivity contribution in [3.8, 4) is 16.9 Å². The van der Waals surface area contributed by atoms with Gasteiger partial charge in [-0.15, -0.1) is 11.3 Å². The molecule has 2 aromatic carbocycles. The Labute approximate surface area is 209 Å². The first-order valence-electron chi connectivity index (χ1n) is 11.5. The second-order valence-electron chi connectivity index (χ2n) is 8.75. The topological polar surface area (TPSA) is 76.5 Å². The Kier molecular flexibility index (Phi) is 7.63. The number of rotatable bonds is 9. The van der Waals surface area contributed by atoms with E-state index in [1.165, 1.54) is 27.8 Å². The molecule has 0 radical (unpaired) electrons. The normalized spacial score (nSPS) is 12.1. The smallest absolute Gasteiger partial charge is 0.262 e. The number of amides is 1. The summed E-state index contributed by atoms with van der Waals surface area (Å²) in [7, 11) is 5.60. The lowest BCUT2D eigenvalue weighted by Gasteiger charge is -2.25. The first kappa shape index (κ1) is 24.6. The lowest BCUT2D eigenvalue weighted by Crippen LogP contribution is -2.35. The molecule has 7 nitrogen and oxygen atoms in total. The summed E-state index contributed by atoms with van der Waals surface area (Å²) in [4.78, 5) is 33.1. The third-order valence-electron chi connectivity index (χ3n) is 6.12. The van der Waals surface area contributed by atoms with Crippen molar-refractivity contribution in [2.24, 2.45) is 0 Å². The number of methoxy groups -OCH3 is 1. The Morgan fingerprint density at radius 1 is 1.14 bits per heavy atom. The maximum Gasteiger partial charge on any atom is 0.262 e. The molecule has 4 rings (SSSR count). The number of fused-ring (bicyclic) bond motifs is 1. The van der Waals surface area contributed by atoms with Crippen molar-refractivity contribution >= 4 is 27.5 Å². The van der Waals surface area contributed by atoms with Gasteiger partial charge in [0.15, 0.2) is 0 Å². The van der Waals surface area contributed by atoms with Gasteiger partial charge in [0.2, 0.25) is 5.91 Å². The van der Waals surface area contributed by atoms with Gasteiger partial charge in [0.25, 0.3) is 5.56 Å². The second-order valence-corrected chi connectivity index (χ2v) is 9.60. The molecule has 1 atom stereocenters. The number of carbonyl (C=O) groups is 1. The molecular formula is C27H30N4O3S. The van der Waals surface area contributed by atoms with Gasteiger partial charge in [-0.25, -0.2) is 4.98 Å². The van der Waals surface area contributed by atoms with Crippen LogP contribution in [0.2, 0.25) is 0 Å². The molecule has 1 amide bonds. The number of benzene rings is 2. The van der Waals surface area contributed by atoms with Crippen LogP contribution in [0.25, 0.3) is 21.3 Å². The quantitative estimate of drug-likeness (QED) is 0.380. The number of nitrogens with one attached hydrogen (secondary N) is 1. The Morgan fingerprint density at radius 3 is 2.51 bits per heavy atom. The maximum atomic E-state index is 13.2. The van der Waals surface area contributed by atoms with Crippen LogP contribution in [0, 0.1) is 6.92 Å². The number of hydrogen-bond acceptors (Lipinski definition) is 6. The van der Waals surface area contributed by atoms with Crippen molar-refractivity contribution in [2.75, 3.05) is 27.7 Å². The molecule has 0 bridgehead atoms. The van der Waals surface area contributed by atoms with Crippen molar-refractivity contribution in [1.29, 1.82) is 0 Å². The molecule has 0 aliphatic rings. The SMILES string of the molecule is COc1ccc([C@H](CNC(=O)CCn2cnc3scc(-c4ccc(C)cc4)c3c2=O)N(C)C)cc1. The van der Waals surface area contributed by atoms with E-state index >= 15 is 0 Å². The van der Waals surface area contributed by atoms with E-state index in [1.54, 1.807) is 7.11 Å². The Bertz CT molecular complexity index is 1360. The Balaban J connectivity index is 1.43. The van der Waals surface area contributed by atoms with Crippen LogP contribution in [0.5, 0.6) is 5.75 Å². The van der Waals surface area contributed by atoms with Crippen LogP contribution in [0.3, 0.4) is 0 Å². The molecule has 0 aliphatic carbocycles. The zero-order valence-electron chi connectivity index (χ0n) is 20.4. The zero-order valence-corrected chi connectivity index (χ0v) is 21.3. The molecule has 35 heavy (non-hydrogen) atoms. The fourth-order valence-corrected chi connectivity index (χ4v) is 4.92. The van der Waals surface area contributed by atoms with Crippen molar-refractivity contribution in [2.45, 2.75) is 25.9 Å². The van der Waals surface area contributed by atoms with E-state index < -0.39 is 0 Å². The lowest BCUT2D eigenvalue weighted by atomic mass is 10.1. The van der Waals surface area contributed by atoms with Gasteiger partial charge in [-0.1, -0.05) is 42.0 Å². The molecule has 2 aromatic heterocycles. The van der Waals surface area contributed by atoms with E-state index in [2.05, 4.69) is 15.2 Å². The number of aryl methyl sites for hydroxylation is 2. The molecule has 0 aliphatic heterocycles. The molecule has 0 fully saturated rings. The first-order chi connectivity index (χ1) is 16.9. The Hall–Kier alpha value is -3.49. The minimum atomic E-state index is -0.121. The third kappa shape index (κ3) is 5.61. The van der Waals surface area contributed by atoms with E-state index in [0.717, 1.165) is 22.4 Å². The summed E-state index contributed by atoms with van der Waals surface area (Å²) >= 11 is 1.46. The molecular weight excluding hydrogens is 460 g/mol. The fraction of sp³-hybridized carbons (Fsp3) is 0.296. The Morgan fingerprint density at radius 2 is 1.86 bits per heavy atom. The first-order valence-corrected chi connectivity index (χ1v) is 12.4. The zero-order chi connectivity index (χ0) is 24.9. The van der Waals surface area contributed by atoms with Gasteiger partial charge in [-0.05, 0) is 44.3 Å². The highest BCUT2D eigenvalue weighted by Crippen LogP contribution is 2.30. The lowest BCUT2D eigenvalue weighted by molar-refractivity contribution is -0.121. The van der Waals surface area contributed by atoms with Gasteiger partial charge in [0.05, 0.1) is 24.9 Å². The van der Waals surface area contributed by atoms with Gasteiger partial charge < -0.3 is 15.0 Å². The predicted molar refractivity (Wildman–Crippen MR) is 141 cm³/mol. The van der Waals surface area contributed by atoms with Crippen LogP contribution in [-0.2, 0) is 11.3 Å². The largest absolute Gasteiger partial charge is 0.497 e. The van der Waals surface area contributed by atoms with E-state index in [0.29, 0.717) is 16.8 Å². The average Bonchev–Trinajstić information content (AvgIpc) is 3.29. The van der Waals surface area contributed by atoms with Gasteiger partial charge in [0.1, 0.15) is 10.6 Å². The van der Waals surface area contributed by atoms with Crippen molar-refractivity contribution < 1.29 is 9.53 Å². The predicted octanol–water partition coefficient (Wildman–Crippen LogP) is 4.25. The van der Waals surface area contributed by atoms with Crippen LogP contribution < -0.4 is 15.6 Å². The van der Waals surface area contributed by atoms with Gasteiger partial charge in [-0.2, -0.15) is 0 Å². The highest BCUT2D eigenvalue weighted by molar-refractivity contribution is 7.17. The molecule has 8 heteroatoms. The second kappa shape index (κ2) is 10.8. The highest BCUT2D eigenvalue weighted by Gasteiger charge is 2.17. The van der Waals surface area contributed by atoms with Gasteiger partial charge in [0, 0.05) is 30.5 Å².